The fourth-order valence-corrected chi connectivity index (χ4v) is 9.37. The van der Waals surface area contributed by atoms with Crippen LogP contribution in [0.5, 0.6) is 0 Å². The van der Waals surface area contributed by atoms with Crippen LogP contribution in [0.3, 0.4) is 0 Å². The molecule has 6 heterocycles. The summed E-state index contributed by atoms with van der Waals surface area (Å²) >= 11 is 1.41. The van der Waals surface area contributed by atoms with Crippen LogP contribution >= 0.6 is 11.3 Å². The van der Waals surface area contributed by atoms with Crippen LogP contribution in [0, 0.1) is 25.7 Å². The van der Waals surface area contributed by atoms with Crippen LogP contribution in [-0.4, -0.2) is 80.5 Å². The quantitative estimate of drug-likeness (QED) is 0.121. The Morgan fingerprint density at radius 2 is 1.71 bits per heavy atom. The minimum atomic E-state index is -4.33. The lowest BCUT2D eigenvalue weighted by Gasteiger charge is -2.32. The number of piperidine rings is 1. The van der Waals surface area contributed by atoms with Gasteiger partial charge in [0.1, 0.15) is 21.9 Å². The number of anilines is 5. The molecule has 0 radical (unpaired) electrons. The molecule has 0 atom stereocenters. The Morgan fingerprint density at radius 3 is 2.41 bits per heavy atom. The van der Waals surface area contributed by atoms with E-state index in [1.807, 2.05) is 41.6 Å². The second-order valence-corrected chi connectivity index (χ2v) is 17.5. The highest BCUT2D eigenvalue weighted by Gasteiger charge is 2.28. The van der Waals surface area contributed by atoms with Gasteiger partial charge >= 0.3 is 5.97 Å². The number of hydrogen-bond donors (Lipinski definition) is 3. The van der Waals surface area contributed by atoms with E-state index in [-0.39, 0.29) is 16.5 Å². The van der Waals surface area contributed by atoms with Crippen molar-refractivity contribution >= 4 is 71.9 Å². The van der Waals surface area contributed by atoms with Crippen LogP contribution in [-0.2, 0) is 21.4 Å². The van der Waals surface area contributed by atoms with Gasteiger partial charge in [0.05, 0.1) is 17.0 Å². The van der Waals surface area contributed by atoms with E-state index in [4.69, 9.17) is 4.98 Å². The summed E-state index contributed by atoms with van der Waals surface area (Å²) in [4.78, 5) is 43.7. The molecule has 2 fully saturated rings. The number of carbonyl (C=O) groups is 2. The number of carboxylic acid groups (broad SMARTS) is 1. The monoisotopic (exact) mass is 821 g/mol. The van der Waals surface area contributed by atoms with Gasteiger partial charge in [0.15, 0.2) is 16.8 Å². The molecule has 6 aromatic rings. The number of benzene rings is 1. The van der Waals surface area contributed by atoms with Gasteiger partial charge in [-0.25, -0.2) is 28.1 Å². The van der Waals surface area contributed by atoms with Gasteiger partial charge in [0, 0.05) is 55.4 Å². The molecule has 18 heteroatoms. The molecule has 1 aromatic carbocycles. The van der Waals surface area contributed by atoms with Gasteiger partial charge in [0.25, 0.3) is 15.9 Å². The smallest absolute Gasteiger partial charge is 0.306 e. The van der Waals surface area contributed by atoms with Crippen molar-refractivity contribution in [3.63, 3.8) is 0 Å². The number of carbonyl (C=O) groups excluding carboxylic acids is 1. The summed E-state index contributed by atoms with van der Waals surface area (Å²) in [5, 5.41) is 26.7. The number of rotatable bonds is 12. The minimum absolute atomic E-state index is 0.0954. The maximum absolute atomic E-state index is 14.2. The Labute approximate surface area is 339 Å². The Hall–Kier alpha value is -6.01. The molecule has 16 nitrogen and oxygen atoms in total. The summed E-state index contributed by atoms with van der Waals surface area (Å²) in [6.07, 6.45) is 9.13. The topological polar surface area (TPSA) is 201 Å². The standard InChI is InChI=1S/C40H43N11O5S2/c1-24-21-34(46-47-36(24)45-40-43-32-9-6-18-41-38(32)57-40)49(3)33-15-14-30(31-22-42-51(25(31)2)23-26-7-4-5-8-26)35(44-33)37(52)48-58(55,56)29-12-10-28(11-13-29)50-19-16-27(17-20-50)39(53)54/h6,9-15,18,21-22,26-27H,4-5,7-8,16-17,19-20,23H2,1-3H3,(H,48,52)(H,53,54)(H,43,45,47). The maximum atomic E-state index is 14.2. The number of nitrogens with zero attached hydrogens (tertiary/aromatic N) is 9. The van der Waals surface area contributed by atoms with Crippen molar-refractivity contribution in [2.45, 2.75) is 63.8 Å². The summed E-state index contributed by atoms with van der Waals surface area (Å²) in [7, 11) is -2.59. The Morgan fingerprint density at radius 1 is 0.948 bits per heavy atom. The highest BCUT2D eigenvalue weighted by Crippen LogP contribution is 2.33. The van der Waals surface area contributed by atoms with E-state index in [1.165, 1.54) is 36.3 Å². The van der Waals surface area contributed by atoms with Gasteiger partial charge < -0.3 is 20.2 Å². The van der Waals surface area contributed by atoms with E-state index in [2.05, 4.69) is 35.3 Å². The molecule has 0 unspecified atom stereocenters. The van der Waals surface area contributed by atoms with Gasteiger partial charge in [-0.15, -0.1) is 10.2 Å². The van der Waals surface area contributed by atoms with Crippen molar-refractivity contribution in [3.8, 4) is 11.1 Å². The second kappa shape index (κ2) is 16.1. The highest BCUT2D eigenvalue weighted by atomic mass is 32.2. The zero-order chi connectivity index (χ0) is 40.6. The van der Waals surface area contributed by atoms with E-state index in [0.717, 1.165) is 46.7 Å². The van der Waals surface area contributed by atoms with Crippen molar-refractivity contribution in [2.75, 3.05) is 35.3 Å². The number of sulfonamides is 1. The van der Waals surface area contributed by atoms with Crippen LogP contribution in [0.1, 0.15) is 60.3 Å². The maximum Gasteiger partial charge on any atom is 0.306 e. The first-order valence-electron chi connectivity index (χ1n) is 19.2. The Kier molecular flexibility index (Phi) is 10.8. The van der Waals surface area contributed by atoms with Crippen LogP contribution in [0.25, 0.3) is 21.5 Å². The summed E-state index contributed by atoms with van der Waals surface area (Å²) < 4.78 is 31.7. The number of thiazole rings is 1. The molecule has 1 saturated carbocycles. The summed E-state index contributed by atoms with van der Waals surface area (Å²) in [5.74, 6) is -0.259. The van der Waals surface area contributed by atoms with Crippen molar-refractivity contribution in [2.24, 2.45) is 11.8 Å². The molecule has 2 aliphatic rings. The largest absolute Gasteiger partial charge is 0.481 e. The van der Waals surface area contributed by atoms with Crippen molar-refractivity contribution < 1.29 is 23.1 Å². The molecular weight excluding hydrogens is 779 g/mol. The lowest BCUT2D eigenvalue weighted by Crippen LogP contribution is -2.36. The predicted molar refractivity (Wildman–Crippen MR) is 221 cm³/mol. The molecule has 8 rings (SSSR count). The third-order valence-corrected chi connectivity index (χ3v) is 13.3. The summed E-state index contributed by atoms with van der Waals surface area (Å²) in [6.45, 7) is 5.69. The number of fused-ring (bicyclic) bond motifs is 1. The molecule has 1 aliphatic carbocycles. The van der Waals surface area contributed by atoms with Gasteiger partial charge in [-0.2, -0.15) is 5.10 Å². The van der Waals surface area contributed by atoms with E-state index < -0.39 is 21.9 Å². The predicted octanol–water partition coefficient (Wildman–Crippen LogP) is 6.48. The van der Waals surface area contributed by atoms with E-state index in [9.17, 15) is 23.1 Å². The van der Waals surface area contributed by atoms with Crippen LogP contribution in [0.15, 0.2) is 71.9 Å². The lowest BCUT2D eigenvalue weighted by atomic mass is 9.97. The normalized spacial score (nSPS) is 15.2. The molecule has 1 saturated heterocycles. The molecule has 1 aliphatic heterocycles. The second-order valence-electron chi connectivity index (χ2n) is 14.8. The molecule has 3 N–H and O–H groups in total. The van der Waals surface area contributed by atoms with Gasteiger partial charge in [0.2, 0.25) is 0 Å². The number of amides is 1. The van der Waals surface area contributed by atoms with Crippen molar-refractivity contribution in [1.29, 1.82) is 0 Å². The molecule has 300 valence electrons. The van der Waals surface area contributed by atoms with Crippen LogP contribution in [0.4, 0.5) is 28.3 Å². The molecule has 1 amide bonds. The number of pyridine rings is 2. The number of hydrogen-bond acceptors (Lipinski definition) is 14. The molecule has 0 spiro atoms. The zero-order valence-corrected chi connectivity index (χ0v) is 33.9. The molecular formula is C40H43N11O5S2. The SMILES string of the molecule is Cc1cc(N(C)c2ccc(-c3cnn(CC4CCCC4)c3C)c(C(=O)NS(=O)(=O)c3ccc(N4CCC(C(=O)O)CC4)cc3)n2)nnc1Nc1nc2cccnc2s1. The summed E-state index contributed by atoms with van der Waals surface area (Å²) in [5.41, 5.74) is 4.20. The van der Waals surface area contributed by atoms with Crippen molar-refractivity contribution in [1.82, 2.24) is 39.7 Å². The van der Waals surface area contributed by atoms with Gasteiger partial charge in [-0.1, -0.05) is 24.2 Å². The van der Waals surface area contributed by atoms with E-state index >= 15 is 0 Å². The Balaban J connectivity index is 1.06. The number of aromatic nitrogens is 7. The molecule has 58 heavy (non-hydrogen) atoms. The number of aliphatic carboxylic acids is 1. The average molecular weight is 822 g/mol. The zero-order valence-electron chi connectivity index (χ0n) is 32.3. The van der Waals surface area contributed by atoms with Crippen LogP contribution in [0.2, 0.25) is 0 Å². The first-order valence-corrected chi connectivity index (χ1v) is 21.5. The number of carboxylic acids is 1. The number of aryl methyl sites for hydroxylation is 1. The van der Waals surface area contributed by atoms with Crippen molar-refractivity contribution in [3.05, 3.63) is 83.9 Å². The highest BCUT2D eigenvalue weighted by molar-refractivity contribution is 7.90. The Bertz CT molecular complexity index is 2560. The first kappa shape index (κ1) is 38.8. The number of nitrogens with one attached hydrogen (secondary N) is 2. The van der Waals surface area contributed by atoms with Gasteiger partial charge in [-0.3, -0.25) is 14.3 Å². The minimum Gasteiger partial charge on any atom is -0.481 e. The fraction of sp³-hybridized carbons (Fsp3) is 0.350. The van der Waals surface area contributed by atoms with E-state index in [1.54, 1.807) is 48.6 Å². The first-order chi connectivity index (χ1) is 27.9. The van der Waals surface area contributed by atoms with Crippen LogP contribution < -0.4 is 19.8 Å². The lowest BCUT2D eigenvalue weighted by molar-refractivity contribution is -0.142. The average Bonchev–Trinajstić information content (AvgIpc) is 3.98. The fourth-order valence-electron chi connectivity index (χ4n) is 7.61. The van der Waals surface area contributed by atoms with Gasteiger partial charge in [-0.05, 0) is 106 Å². The van der Waals surface area contributed by atoms with E-state index in [0.29, 0.717) is 65.6 Å². The summed E-state index contributed by atoms with van der Waals surface area (Å²) in [6, 6.07) is 15.3. The third kappa shape index (κ3) is 8.06. The molecule has 5 aromatic heterocycles. The third-order valence-electron chi connectivity index (χ3n) is 11.0. The molecule has 0 bridgehead atoms.